The molecule has 0 unspecified atom stereocenters. The molecule has 0 aliphatic rings. The van der Waals surface area contributed by atoms with Gasteiger partial charge in [-0.15, -0.1) is 0 Å². The summed E-state index contributed by atoms with van der Waals surface area (Å²) in [7, 11) is 3.47. The zero-order valence-electron chi connectivity index (χ0n) is 12.9. The number of anilines is 1. The van der Waals surface area contributed by atoms with E-state index in [1.165, 1.54) is 11.3 Å². The van der Waals surface area contributed by atoms with Crippen molar-refractivity contribution in [2.45, 2.75) is 19.9 Å². The molecule has 0 aliphatic carbocycles. The lowest BCUT2D eigenvalue weighted by atomic mass is 10.2. The maximum absolute atomic E-state index is 5.22. The van der Waals surface area contributed by atoms with Crippen LogP contribution in [0, 0.1) is 0 Å². The first-order chi connectivity index (χ1) is 9.83. The van der Waals surface area contributed by atoms with Crippen LogP contribution in [-0.2, 0) is 16.0 Å². The molecule has 0 aliphatic heterocycles. The molecule has 1 rings (SSSR count). The molecule has 1 N–H and O–H groups in total. The molecule has 0 saturated carbocycles. The first-order valence-electron chi connectivity index (χ1n) is 7.19. The highest BCUT2D eigenvalue weighted by Crippen LogP contribution is 2.19. The average Bonchev–Trinajstić information content (AvgIpc) is 2.49. The smallest absolute Gasteiger partial charge is 0.0637 e. The summed E-state index contributed by atoms with van der Waals surface area (Å²) in [5.74, 6) is 0. The lowest BCUT2D eigenvalue weighted by Crippen LogP contribution is -2.30. The maximum Gasteiger partial charge on any atom is 0.0637 e. The fourth-order valence-electron chi connectivity index (χ4n) is 2.08. The van der Waals surface area contributed by atoms with Crippen LogP contribution in [0.1, 0.15) is 18.9 Å². The van der Waals surface area contributed by atoms with Crippen LogP contribution in [0.5, 0.6) is 0 Å². The largest absolute Gasteiger partial charge is 0.385 e. The summed E-state index contributed by atoms with van der Waals surface area (Å²) in [6, 6.07) is 2.08. The van der Waals surface area contributed by atoms with Gasteiger partial charge in [0.25, 0.3) is 0 Å². The molecule has 0 fully saturated rings. The molecule has 0 atom stereocenters. The molecular formula is C15H27N3O2. The normalized spacial score (nSPS) is 10.8. The van der Waals surface area contributed by atoms with Crippen LogP contribution >= 0.6 is 0 Å². The quantitative estimate of drug-likeness (QED) is 0.625. The van der Waals surface area contributed by atoms with E-state index < -0.39 is 0 Å². The number of rotatable bonds is 11. The number of hydrogen-bond donors (Lipinski definition) is 1. The van der Waals surface area contributed by atoms with Crippen LogP contribution in [0.15, 0.2) is 18.5 Å². The van der Waals surface area contributed by atoms with Gasteiger partial charge < -0.3 is 19.7 Å². The number of methoxy groups -OCH3 is 2. The molecule has 0 radical (unpaired) electrons. The van der Waals surface area contributed by atoms with Crippen LogP contribution in [0.3, 0.4) is 0 Å². The summed E-state index contributed by atoms with van der Waals surface area (Å²) in [6.45, 7) is 7.23. The predicted molar refractivity (Wildman–Crippen MR) is 82.2 cm³/mol. The fourth-order valence-corrected chi connectivity index (χ4v) is 2.08. The standard InChI is InChI=1S/C15H27N3O2/c1-4-16-12-14-13-17-7-6-15(14)18(9-11-20-3)8-5-10-19-2/h6-7,13,16H,4-5,8-12H2,1-3H3. The van der Waals surface area contributed by atoms with Gasteiger partial charge in [-0.3, -0.25) is 4.98 Å². The minimum absolute atomic E-state index is 0.718. The van der Waals surface area contributed by atoms with Gasteiger partial charge in [0.05, 0.1) is 6.61 Å². The van der Waals surface area contributed by atoms with Gasteiger partial charge in [-0.1, -0.05) is 6.92 Å². The lowest BCUT2D eigenvalue weighted by molar-refractivity contribution is 0.191. The summed E-state index contributed by atoms with van der Waals surface area (Å²) >= 11 is 0. The second-order valence-corrected chi connectivity index (χ2v) is 4.61. The number of aromatic nitrogens is 1. The van der Waals surface area contributed by atoms with E-state index in [1.54, 1.807) is 14.2 Å². The minimum atomic E-state index is 0.718. The zero-order chi connectivity index (χ0) is 14.6. The molecule has 20 heavy (non-hydrogen) atoms. The van der Waals surface area contributed by atoms with Gasteiger partial charge in [-0.25, -0.2) is 0 Å². The Balaban J connectivity index is 2.76. The topological polar surface area (TPSA) is 46.6 Å². The molecule has 1 aromatic rings. The highest BCUT2D eigenvalue weighted by atomic mass is 16.5. The van der Waals surface area contributed by atoms with E-state index in [2.05, 4.69) is 28.2 Å². The van der Waals surface area contributed by atoms with Gasteiger partial charge in [-0.2, -0.15) is 0 Å². The molecule has 0 saturated heterocycles. The number of nitrogens with one attached hydrogen (secondary N) is 1. The molecule has 0 amide bonds. The second-order valence-electron chi connectivity index (χ2n) is 4.61. The Labute approximate surface area is 122 Å². The van der Waals surface area contributed by atoms with Crippen LogP contribution in [-0.4, -0.2) is 52.1 Å². The second kappa shape index (κ2) is 10.6. The molecule has 5 nitrogen and oxygen atoms in total. The first kappa shape index (κ1) is 16.9. The van der Waals surface area contributed by atoms with Gasteiger partial charge in [0, 0.05) is 64.1 Å². The van der Waals surface area contributed by atoms with E-state index in [0.717, 1.165) is 45.8 Å². The Morgan fingerprint density at radius 1 is 1.20 bits per heavy atom. The van der Waals surface area contributed by atoms with Gasteiger partial charge in [0.2, 0.25) is 0 Å². The van der Waals surface area contributed by atoms with E-state index in [0.29, 0.717) is 0 Å². The molecule has 5 heteroatoms. The van der Waals surface area contributed by atoms with Crippen molar-refractivity contribution in [3.05, 3.63) is 24.0 Å². The third-order valence-corrected chi connectivity index (χ3v) is 3.13. The fraction of sp³-hybridized carbons (Fsp3) is 0.667. The number of pyridine rings is 1. The average molecular weight is 281 g/mol. The van der Waals surface area contributed by atoms with E-state index in [1.807, 2.05) is 12.4 Å². The highest BCUT2D eigenvalue weighted by molar-refractivity contribution is 5.52. The number of hydrogen-bond acceptors (Lipinski definition) is 5. The van der Waals surface area contributed by atoms with Crippen molar-refractivity contribution in [2.24, 2.45) is 0 Å². The summed E-state index contributed by atoms with van der Waals surface area (Å²) in [6.07, 6.45) is 4.79. The number of ether oxygens (including phenoxy) is 2. The van der Waals surface area contributed by atoms with Gasteiger partial charge >= 0.3 is 0 Å². The van der Waals surface area contributed by atoms with Crippen molar-refractivity contribution in [2.75, 3.05) is 52.0 Å². The Hall–Kier alpha value is -1.17. The van der Waals surface area contributed by atoms with Crippen LogP contribution in [0.25, 0.3) is 0 Å². The van der Waals surface area contributed by atoms with Gasteiger partial charge in [0.15, 0.2) is 0 Å². The minimum Gasteiger partial charge on any atom is -0.385 e. The Morgan fingerprint density at radius 3 is 2.70 bits per heavy atom. The van der Waals surface area contributed by atoms with Crippen LogP contribution in [0.4, 0.5) is 5.69 Å². The predicted octanol–water partition coefficient (Wildman–Crippen LogP) is 1.68. The molecule has 0 spiro atoms. The number of nitrogens with zero attached hydrogens (tertiary/aromatic N) is 2. The monoisotopic (exact) mass is 281 g/mol. The SMILES string of the molecule is CCNCc1cnccc1N(CCCOC)CCOC. The molecule has 0 aromatic carbocycles. The van der Waals surface area contributed by atoms with Crippen molar-refractivity contribution in [3.8, 4) is 0 Å². The van der Waals surface area contributed by atoms with Gasteiger partial charge in [-0.05, 0) is 19.0 Å². The van der Waals surface area contributed by atoms with E-state index in [9.17, 15) is 0 Å². The van der Waals surface area contributed by atoms with E-state index in [4.69, 9.17) is 9.47 Å². The van der Waals surface area contributed by atoms with Crippen LogP contribution in [0.2, 0.25) is 0 Å². The van der Waals surface area contributed by atoms with Crippen molar-refractivity contribution in [1.29, 1.82) is 0 Å². The highest BCUT2D eigenvalue weighted by Gasteiger charge is 2.10. The Morgan fingerprint density at radius 2 is 2.00 bits per heavy atom. The Bertz CT molecular complexity index is 361. The summed E-state index contributed by atoms with van der Waals surface area (Å²) in [5, 5.41) is 3.36. The van der Waals surface area contributed by atoms with Crippen molar-refractivity contribution in [1.82, 2.24) is 10.3 Å². The summed E-state index contributed by atoms with van der Waals surface area (Å²) in [4.78, 5) is 6.58. The summed E-state index contributed by atoms with van der Waals surface area (Å²) < 4.78 is 10.4. The molecular weight excluding hydrogens is 254 g/mol. The Kier molecular flexibility index (Phi) is 8.95. The van der Waals surface area contributed by atoms with Gasteiger partial charge in [0.1, 0.15) is 0 Å². The molecule has 0 bridgehead atoms. The molecule has 114 valence electrons. The van der Waals surface area contributed by atoms with E-state index in [-0.39, 0.29) is 0 Å². The zero-order valence-corrected chi connectivity index (χ0v) is 12.9. The van der Waals surface area contributed by atoms with E-state index >= 15 is 0 Å². The summed E-state index contributed by atoms with van der Waals surface area (Å²) in [5.41, 5.74) is 2.46. The third kappa shape index (κ3) is 5.86. The van der Waals surface area contributed by atoms with Crippen molar-refractivity contribution in [3.63, 3.8) is 0 Å². The third-order valence-electron chi connectivity index (χ3n) is 3.13. The molecule has 1 heterocycles. The molecule has 1 aromatic heterocycles. The first-order valence-corrected chi connectivity index (χ1v) is 7.19. The maximum atomic E-state index is 5.22. The lowest BCUT2D eigenvalue weighted by Gasteiger charge is -2.26. The van der Waals surface area contributed by atoms with Crippen LogP contribution < -0.4 is 10.2 Å². The van der Waals surface area contributed by atoms with Crippen molar-refractivity contribution >= 4 is 5.69 Å². The van der Waals surface area contributed by atoms with Crippen molar-refractivity contribution < 1.29 is 9.47 Å².